The molecule has 0 unspecified atom stereocenters. The first-order valence-corrected chi connectivity index (χ1v) is 10.7. The Morgan fingerprint density at radius 3 is 1.22 bits per heavy atom. The van der Waals surface area contributed by atoms with Crippen LogP contribution in [0.4, 0.5) is 0 Å². The molecule has 2 rings (SSSR count). The highest BCUT2D eigenvalue weighted by molar-refractivity contribution is 5.93. The molecule has 12 heteroatoms. The third-order valence-electron chi connectivity index (χ3n) is 4.93. The molecular weight excluding hydrogens is 408 g/mol. The fourth-order valence-electron chi connectivity index (χ4n) is 2.32. The van der Waals surface area contributed by atoms with Crippen LogP contribution < -0.4 is 22.1 Å². The summed E-state index contributed by atoms with van der Waals surface area (Å²) in [6.07, 6.45) is 0. The molecule has 0 radical (unpaired) electrons. The van der Waals surface area contributed by atoms with Gasteiger partial charge in [-0.1, -0.05) is 0 Å². The van der Waals surface area contributed by atoms with Crippen LogP contribution in [-0.4, -0.2) is 71.7 Å². The predicted octanol–water partition coefficient (Wildman–Crippen LogP) is 1.87. The van der Waals surface area contributed by atoms with Gasteiger partial charge in [0.05, 0.1) is 13.1 Å². The van der Waals surface area contributed by atoms with E-state index in [0.717, 1.165) is 37.9 Å². The van der Waals surface area contributed by atoms with Crippen molar-refractivity contribution >= 4 is 23.3 Å². The summed E-state index contributed by atoms with van der Waals surface area (Å²) in [6, 6.07) is 0. The van der Waals surface area contributed by atoms with Crippen molar-refractivity contribution in [2.24, 2.45) is 41.9 Å². The van der Waals surface area contributed by atoms with Crippen LogP contribution in [0.2, 0.25) is 0 Å². The maximum Gasteiger partial charge on any atom is 0.133 e. The lowest BCUT2D eigenvalue weighted by atomic mass is 10.0. The first kappa shape index (κ1) is 27.1. The van der Waals surface area contributed by atoms with Gasteiger partial charge in [0.2, 0.25) is 0 Å². The highest BCUT2D eigenvalue weighted by atomic mass is 15.3. The van der Waals surface area contributed by atoms with E-state index in [2.05, 4.69) is 41.1 Å². The van der Waals surface area contributed by atoms with E-state index in [4.69, 9.17) is 22.3 Å². The smallest absolute Gasteiger partial charge is 0.133 e. The summed E-state index contributed by atoms with van der Waals surface area (Å²) >= 11 is 0. The molecule has 0 saturated heterocycles. The predicted molar refractivity (Wildman–Crippen MR) is 130 cm³/mol. The largest absolute Gasteiger partial charge is 0.386 e. The van der Waals surface area contributed by atoms with E-state index in [0.29, 0.717) is 0 Å². The second-order valence-corrected chi connectivity index (χ2v) is 9.78. The number of nitrogens with one attached hydrogen (secondary N) is 4. The van der Waals surface area contributed by atoms with Gasteiger partial charge in [-0.25, -0.2) is 0 Å². The van der Waals surface area contributed by atoms with Gasteiger partial charge in [0, 0.05) is 13.1 Å². The second kappa shape index (κ2) is 10.1. The Bertz CT molecular complexity index is 748. The summed E-state index contributed by atoms with van der Waals surface area (Å²) in [7, 11) is 0. The molecule has 0 amide bonds. The average molecular weight is 449 g/mol. The maximum atomic E-state index is 7.25. The highest BCUT2D eigenvalue weighted by Crippen LogP contribution is 2.19. The Hall–Kier alpha value is -2.92. The number of hydrogen-bond acceptors (Lipinski definition) is 10. The minimum Gasteiger partial charge on any atom is -0.386 e. The third-order valence-corrected chi connectivity index (χ3v) is 4.93. The van der Waals surface area contributed by atoms with Gasteiger partial charge >= 0.3 is 0 Å². The molecule has 2 aliphatic heterocycles. The third kappa shape index (κ3) is 7.65. The molecule has 2 heterocycles. The van der Waals surface area contributed by atoms with Gasteiger partial charge in [-0.15, -0.1) is 0 Å². The molecule has 0 aromatic carbocycles. The fourth-order valence-corrected chi connectivity index (χ4v) is 2.32. The first-order valence-electron chi connectivity index (χ1n) is 10.7. The Kier molecular flexibility index (Phi) is 8.59. The summed E-state index contributed by atoms with van der Waals surface area (Å²) in [6.45, 7) is 18.2. The van der Waals surface area contributed by atoms with Crippen LogP contribution in [0.15, 0.2) is 30.4 Å². The Labute approximate surface area is 191 Å². The van der Waals surface area contributed by atoms with Crippen LogP contribution in [-0.2, 0) is 0 Å². The zero-order chi connectivity index (χ0) is 24.8. The lowest BCUT2D eigenvalue weighted by Crippen LogP contribution is -2.41. The number of aliphatic imine (C=N–C) groups is 2. The van der Waals surface area contributed by atoms with Crippen molar-refractivity contribution < 1.29 is 0 Å². The van der Waals surface area contributed by atoms with Gasteiger partial charge in [0.1, 0.15) is 45.5 Å². The molecule has 2 aliphatic rings. The standard InChI is InChI=1S/C12H22N6.C8H18N6/c1-11(2,9-13-5-6-14-9)17-18-12(3,4)10-15-7-8-16-10;1-7(2,5(9)10)13-14-8(3,4)6(11)12/h5-8H2,1-4H3,(H,13,14)(H,15,16);1-4H3,(H3,9,10)(H3,11,12). The molecule has 8 N–H and O–H groups in total. The summed E-state index contributed by atoms with van der Waals surface area (Å²) in [5, 5.41) is 37.7. The Balaban J connectivity index is 0.000000333. The van der Waals surface area contributed by atoms with Crippen molar-refractivity contribution in [1.29, 1.82) is 10.8 Å². The molecule has 0 saturated carbocycles. The fraction of sp³-hybridized carbons (Fsp3) is 0.800. The average Bonchev–Trinajstić information content (AvgIpc) is 3.39. The van der Waals surface area contributed by atoms with Crippen LogP contribution >= 0.6 is 0 Å². The molecule has 0 fully saturated rings. The number of amidine groups is 4. The zero-order valence-electron chi connectivity index (χ0n) is 20.7. The molecule has 0 aliphatic carbocycles. The van der Waals surface area contributed by atoms with Crippen LogP contribution in [0, 0.1) is 10.8 Å². The number of nitrogens with two attached hydrogens (primary N) is 2. The van der Waals surface area contributed by atoms with Crippen molar-refractivity contribution in [3.8, 4) is 0 Å². The number of azo groups is 2. The lowest BCUT2D eigenvalue weighted by molar-refractivity contribution is 0.552. The first-order chi connectivity index (χ1) is 14.5. The Morgan fingerprint density at radius 2 is 1.00 bits per heavy atom. The van der Waals surface area contributed by atoms with E-state index in [1.807, 2.05) is 27.7 Å². The minimum atomic E-state index is -0.841. The quantitative estimate of drug-likeness (QED) is 0.187. The molecular formula is C20H40N12. The molecule has 32 heavy (non-hydrogen) atoms. The van der Waals surface area contributed by atoms with E-state index >= 15 is 0 Å². The van der Waals surface area contributed by atoms with Crippen LogP contribution in [0.3, 0.4) is 0 Å². The van der Waals surface area contributed by atoms with Crippen molar-refractivity contribution in [1.82, 2.24) is 10.6 Å². The van der Waals surface area contributed by atoms with Crippen molar-refractivity contribution in [2.75, 3.05) is 26.2 Å². The number of nitrogens with zero attached hydrogens (tertiary/aromatic N) is 6. The van der Waals surface area contributed by atoms with Crippen LogP contribution in [0.5, 0.6) is 0 Å². The zero-order valence-corrected chi connectivity index (χ0v) is 20.7. The SMILES string of the molecule is CC(C)(N=NC(C)(C)C(=N)N)C(=N)N.CC(C)(N=NC(C)(C)C1=NCCN1)C1=NCCN1. The molecule has 12 nitrogen and oxygen atoms in total. The topological polar surface area (TPSA) is 198 Å². The van der Waals surface area contributed by atoms with Gasteiger partial charge in [-0.05, 0) is 55.4 Å². The van der Waals surface area contributed by atoms with Crippen molar-refractivity contribution in [2.45, 2.75) is 77.5 Å². The number of rotatable bonds is 8. The molecule has 0 spiro atoms. The summed E-state index contributed by atoms with van der Waals surface area (Å²) in [5.74, 6) is 1.70. The van der Waals surface area contributed by atoms with Crippen LogP contribution in [0.25, 0.3) is 0 Å². The summed E-state index contributed by atoms with van der Waals surface area (Å²) < 4.78 is 0. The lowest BCUT2D eigenvalue weighted by Gasteiger charge is -2.23. The summed E-state index contributed by atoms with van der Waals surface area (Å²) in [4.78, 5) is 8.82. The van der Waals surface area contributed by atoms with Crippen molar-refractivity contribution in [3.05, 3.63) is 0 Å². The molecule has 0 aromatic rings. The Morgan fingerprint density at radius 1 is 0.688 bits per heavy atom. The second-order valence-electron chi connectivity index (χ2n) is 9.78. The molecule has 180 valence electrons. The van der Waals surface area contributed by atoms with E-state index in [1.165, 1.54) is 0 Å². The van der Waals surface area contributed by atoms with E-state index in [-0.39, 0.29) is 11.7 Å². The van der Waals surface area contributed by atoms with Gasteiger partial charge in [0.15, 0.2) is 0 Å². The van der Waals surface area contributed by atoms with Crippen molar-refractivity contribution in [3.63, 3.8) is 0 Å². The maximum absolute atomic E-state index is 7.25. The molecule has 0 aromatic heterocycles. The number of hydrogen-bond donors (Lipinski definition) is 6. The normalized spacial score (nSPS) is 17.4. The minimum absolute atomic E-state index is 0.0689. The molecule has 0 atom stereocenters. The van der Waals surface area contributed by atoms with Gasteiger partial charge in [0.25, 0.3) is 0 Å². The summed E-state index contributed by atoms with van der Waals surface area (Å²) in [5.41, 5.74) is 8.17. The van der Waals surface area contributed by atoms with E-state index < -0.39 is 22.2 Å². The van der Waals surface area contributed by atoms with E-state index in [9.17, 15) is 0 Å². The van der Waals surface area contributed by atoms with E-state index in [1.54, 1.807) is 27.7 Å². The highest BCUT2D eigenvalue weighted by Gasteiger charge is 2.31. The van der Waals surface area contributed by atoms with Crippen LogP contribution in [0.1, 0.15) is 55.4 Å². The van der Waals surface area contributed by atoms with Gasteiger partial charge in [-0.3, -0.25) is 20.8 Å². The molecule has 0 bridgehead atoms. The van der Waals surface area contributed by atoms with Gasteiger partial charge < -0.3 is 22.1 Å². The monoisotopic (exact) mass is 448 g/mol. The van der Waals surface area contributed by atoms with Gasteiger partial charge in [-0.2, -0.15) is 20.5 Å².